The minimum Gasteiger partial charge on any atom is -0.388 e. The third-order valence-electron chi connectivity index (χ3n) is 8.57. The summed E-state index contributed by atoms with van der Waals surface area (Å²) in [6.45, 7) is 2.50. The van der Waals surface area contributed by atoms with E-state index in [9.17, 15) is 15.0 Å². The van der Waals surface area contributed by atoms with Crippen LogP contribution in [0.2, 0.25) is 0 Å². The Hall–Kier alpha value is -4.10. The number of amides is 1. The van der Waals surface area contributed by atoms with E-state index in [1.54, 1.807) is 4.68 Å². The number of carbonyl (C=O) groups excluding carboxylic acids is 1. The minimum atomic E-state index is -1.32. The molecule has 1 amide bonds. The normalized spacial score (nSPS) is 23.6. The Morgan fingerprint density at radius 2 is 1.70 bits per heavy atom. The first-order valence-electron chi connectivity index (χ1n) is 15.3. The van der Waals surface area contributed by atoms with Crippen LogP contribution >= 0.6 is 0 Å². The molecular weight excluding hydrogens is 560 g/mol. The highest BCUT2D eigenvalue weighted by molar-refractivity contribution is 5.93. The fourth-order valence-electron chi connectivity index (χ4n) is 6.08. The van der Waals surface area contributed by atoms with Gasteiger partial charge in [0, 0.05) is 31.1 Å². The number of fused-ring (bicyclic) bond motifs is 1. The molecule has 12 nitrogen and oxygen atoms in total. The van der Waals surface area contributed by atoms with E-state index in [0.717, 1.165) is 25.7 Å². The lowest BCUT2D eigenvalue weighted by molar-refractivity contribution is -0.132. The van der Waals surface area contributed by atoms with Gasteiger partial charge in [0.25, 0.3) is 5.91 Å². The molecular formula is C32H40N8O4. The Kier molecular flexibility index (Phi) is 9.03. The van der Waals surface area contributed by atoms with Crippen LogP contribution in [0.3, 0.4) is 0 Å². The van der Waals surface area contributed by atoms with Gasteiger partial charge < -0.3 is 31.3 Å². The van der Waals surface area contributed by atoms with Crippen molar-refractivity contribution in [1.82, 2.24) is 19.6 Å². The van der Waals surface area contributed by atoms with Gasteiger partial charge in [-0.25, -0.2) is 14.7 Å². The number of aromatic nitrogens is 4. The predicted octanol–water partition coefficient (Wildman–Crippen LogP) is 2.36. The van der Waals surface area contributed by atoms with Crippen LogP contribution in [-0.4, -0.2) is 85.8 Å². The highest BCUT2D eigenvalue weighted by Crippen LogP contribution is 2.29. The maximum atomic E-state index is 13.5. The number of aliphatic hydroxyl groups is 2. The van der Waals surface area contributed by atoms with Crippen molar-refractivity contribution in [3.05, 3.63) is 78.1 Å². The number of likely N-dealkylation sites (N-methyl/N-ethyl adjacent to an activating group) is 1. The van der Waals surface area contributed by atoms with Crippen molar-refractivity contribution in [3.8, 4) is 0 Å². The van der Waals surface area contributed by atoms with Gasteiger partial charge in [-0.15, -0.1) is 0 Å². The van der Waals surface area contributed by atoms with Gasteiger partial charge in [0.05, 0.1) is 6.61 Å². The van der Waals surface area contributed by atoms with Crippen LogP contribution in [0.25, 0.3) is 11.2 Å². The van der Waals surface area contributed by atoms with Crippen LogP contribution in [0, 0.1) is 0 Å². The molecule has 6 N–H and O–H groups in total. The second kappa shape index (κ2) is 13.3. The zero-order chi connectivity index (χ0) is 30.6. The van der Waals surface area contributed by atoms with Crippen LogP contribution in [-0.2, 0) is 9.53 Å². The smallest absolute Gasteiger partial charge is 0.273 e. The average Bonchev–Trinajstić information content (AvgIpc) is 3.62. The first-order valence-corrected chi connectivity index (χ1v) is 15.3. The van der Waals surface area contributed by atoms with Crippen LogP contribution in [0.4, 0.5) is 11.8 Å². The van der Waals surface area contributed by atoms with Crippen molar-refractivity contribution in [3.63, 3.8) is 0 Å². The number of hydrogen-bond donors (Lipinski definition) is 5. The molecule has 4 aromatic rings. The standard InChI is InChI=1S/C32H40N8O4/c1-2-39(31(43)28-27(42)25(41)18-44-28)40-19-35-26-29(37-32(38-30(26)40)36-23-15-13-22(33)14-16-23)34-17-24(20-9-5-3-6-10-20)21-11-7-4-8-12-21/h3-12,19,22-25,27-28,41-42H,2,13-18,33H2,1H3,(H2,34,36,37,38)/t22?,23?,25-,27-,28-/m0/s1. The molecule has 2 aliphatic rings. The lowest BCUT2D eigenvalue weighted by atomic mass is 9.91. The molecule has 0 spiro atoms. The van der Waals surface area contributed by atoms with Crippen molar-refractivity contribution >= 4 is 28.8 Å². The van der Waals surface area contributed by atoms with Gasteiger partial charge in [-0.05, 0) is 43.7 Å². The van der Waals surface area contributed by atoms with Crippen molar-refractivity contribution < 1.29 is 19.7 Å². The molecule has 0 bridgehead atoms. The molecule has 12 heteroatoms. The van der Waals surface area contributed by atoms with E-state index in [0.29, 0.717) is 29.5 Å². The molecule has 0 radical (unpaired) electrons. The first kappa shape index (κ1) is 29.9. The lowest BCUT2D eigenvalue weighted by Crippen LogP contribution is -2.50. The Morgan fingerprint density at radius 3 is 2.30 bits per heavy atom. The van der Waals surface area contributed by atoms with Crippen molar-refractivity contribution in [2.45, 2.75) is 68.9 Å². The largest absolute Gasteiger partial charge is 0.388 e. The molecule has 1 aliphatic heterocycles. The molecule has 2 aromatic heterocycles. The van der Waals surface area contributed by atoms with Crippen molar-refractivity contribution in [1.29, 1.82) is 0 Å². The van der Waals surface area contributed by atoms with E-state index in [4.69, 9.17) is 20.4 Å². The highest BCUT2D eigenvalue weighted by atomic mass is 16.5. The van der Waals surface area contributed by atoms with E-state index >= 15 is 0 Å². The summed E-state index contributed by atoms with van der Waals surface area (Å²) in [7, 11) is 0. The summed E-state index contributed by atoms with van der Waals surface area (Å²) < 4.78 is 7.01. The number of carbonyl (C=O) groups is 1. The van der Waals surface area contributed by atoms with Gasteiger partial charge in [-0.3, -0.25) is 4.79 Å². The van der Waals surface area contributed by atoms with E-state index < -0.39 is 24.2 Å². The molecule has 2 aromatic carbocycles. The monoisotopic (exact) mass is 600 g/mol. The number of aliphatic hydroxyl groups excluding tert-OH is 2. The summed E-state index contributed by atoms with van der Waals surface area (Å²) in [5, 5.41) is 28.8. The molecule has 3 atom stereocenters. The molecule has 44 heavy (non-hydrogen) atoms. The summed E-state index contributed by atoms with van der Waals surface area (Å²) in [5.74, 6) is 0.515. The van der Waals surface area contributed by atoms with E-state index in [-0.39, 0.29) is 31.2 Å². The van der Waals surface area contributed by atoms with Crippen LogP contribution < -0.4 is 21.4 Å². The molecule has 3 heterocycles. The summed E-state index contributed by atoms with van der Waals surface area (Å²) in [6, 6.07) is 21.0. The van der Waals surface area contributed by atoms with Gasteiger partial charge in [0.2, 0.25) is 5.95 Å². The SMILES string of the molecule is CCN(C(=O)[C@H]1OC[C@H](O)[C@@H]1O)n1cnc2c(NCC(c3ccccc3)c3ccccc3)nc(NC3CCC(N)CC3)nc21. The summed E-state index contributed by atoms with van der Waals surface area (Å²) in [6.07, 6.45) is 1.56. The molecule has 1 saturated carbocycles. The maximum absolute atomic E-state index is 13.5. The third kappa shape index (κ3) is 6.25. The van der Waals surface area contributed by atoms with E-state index in [1.165, 1.54) is 22.5 Å². The number of ether oxygens (including phenoxy) is 1. The number of imidazole rings is 1. The van der Waals surface area contributed by atoms with E-state index in [2.05, 4.69) is 39.9 Å². The second-order valence-electron chi connectivity index (χ2n) is 11.5. The quantitative estimate of drug-likeness (QED) is 0.183. The Morgan fingerprint density at radius 1 is 1.05 bits per heavy atom. The predicted molar refractivity (Wildman–Crippen MR) is 168 cm³/mol. The van der Waals surface area contributed by atoms with Gasteiger partial charge in [-0.1, -0.05) is 60.7 Å². The molecule has 1 saturated heterocycles. The average molecular weight is 601 g/mol. The van der Waals surface area contributed by atoms with Gasteiger partial charge in [-0.2, -0.15) is 9.97 Å². The van der Waals surface area contributed by atoms with Gasteiger partial charge >= 0.3 is 0 Å². The van der Waals surface area contributed by atoms with Gasteiger partial charge in [0.15, 0.2) is 23.1 Å². The Balaban J connectivity index is 1.35. The zero-order valence-electron chi connectivity index (χ0n) is 24.8. The van der Waals surface area contributed by atoms with Crippen LogP contribution in [0.1, 0.15) is 49.7 Å². The maximum Gasteiger partial charge on any atom is 0.273 e. The van der Waals surface area contributed by atoms with Crippen molar-refractivity contribution in [2.24, 2.45) is 5.73 Å². The zero-order valence-corrected chi connectivity index (χ0v) is 24.8. The van der Waals surface area contributed by atoms with Crippen molar-refractivity contribution in [2.75, 3.05) is 35.3 Å². The summed E-state index contributed by atoms with van der Waals surface area (Å²) in [5.41, 5.74) is 9.40. The number of nitrogens with zero attached hydrogens (tertiary/aromatic N) is 5. The Labute approximate surface area is 256 Å². The van der Waals surface area contributed by atoms with Gasteiger partial charge in [0.1, 0.15) is 18.5 Å². The number of nitrogens with two attached hydrogens (primary N) is 1. The molecule has 1 aliphatic carbocycles. The highest BCUT2D eigenvalue weighted by Gasteiger charge is 2.42. The number of nitrogens with one attached hydrogen (secondary N) is 2. The fourth-order valence-corrected chi connectivity index (χ4v) is 6.08. The van der Waals surface area contributed by atoms with E-state index in [1.807, 2.05) is 43.3 Å². The van der Waals surface area contributed by atoms with Crippen LogP contribution in [0.5, 0.6) is 0 Å². The fraction of sp³-hybridized carbons (Fsp3) is 0.438. The topological polar surface area (TPSA) is 164 Å². The molecule has 2 fully saturated rings. The number of rotatable bonds is 10. The molecule has 0 unspecified atom stereocenters. The molecule has 6 rings (SSSR count). The summed E-state index contributed by atoms with van der Waals surface area (Å²) in [4.78, 5) is 27.9. The third-order valence-corrected chi connectivity index (χ3v) is 8.57. The van der Waals surface area contributed by atoms with Crippen LogP contribution in [0.15, 0.2) is 67.0 Å². The minimum absolute atomic E-state index is 0.0434. The number of hydrogen-bond acceptors (Lipinski definition) is 10. The summed E-state index contributed by atoms with van der Waals surface area (Å²) >= 11 is 0. The number of anilines is 2. The lowest BCUT2D eigenvalue weighted by Gasteiger charge is -2.28. The second-order valence-corrected chi connectivity index (χ2v) is 11.5. The molecule has 232 valence electrons. The first-order chi connectivity index (χ1) is 21.4. The number of benzene rings is 2. The Bertz CT molecular complexity index is 1500.